The molecular formula is C12H18O4. The minimum atomic E-state index is -0.393. The largest absolute Gasteiger partial charge is 0.460 e. The van der Waals surface area contributed by atoms with E-state index in [1.807, 2.05) is 0 Å². The van der Waals surface area contributed by atoms with Crippen molar-refractivity contribution in [3.63, 3.8) is 0 Å². The molecule has 3 unspecified atom stereocenters. The Kier molecular flexibility index (Phi) is 3.96. The van der Waals surface area contributed by atoms with Crippen molar-refractivity contribution in [3.05, 3.63) is 12.7 Å². The number of carbonyl (C=O) groups excluding carboxylic acids is 1. The van der Waals surface area contributed by atoms with Crippen LogP contribution in [0.5, 0.6) is 0 Å². The summed E-state index contributed by atoms with van der Waals surface area (Å²) >= 11 is 0. The van der Waals surface area contributed by atoms with Gasteiger partial charge in [0.25, 0.3) is 0 Å². The minimum absolute atomic E-state index is 0.306. The van der Waals surface area contributed by atoms with Gasteiger partial charge in [-0.05, 0) is 25.2 Å². The highest BCUT2D eigenvalue weighted by atomic mass is 16.6. The first-order valence-electron chi connectivity index (χ1n) is 5.82. The second-order valence-corrected chi connectivity index (χ2v) is 4.34. The first-order chi connectivity index (χ1) is 7.79. The van der Waals surface area contributed by atoms with E-state index in [2.05, 4.69) is 6.58 Å². The van der Waals surface area contributed by atoms with Gasteiger partial charge in [0.15, 0.2) is 0 Å². The number of ether oxygens (including phenoxy) is 3. The highest BCUT2D eigenvalue weighted by Gasteiger charge is 2.43. The van der Waals surface area contributed by atoms with Crippen molar-refractivity contribution in [3.8, 4) is 0 Å². The van der Waals surface area contributed by atoms with Gasteiger partial charge in [0.05, 0.1) is 18.8 Å². The Bertz CT molecular complexity index is 264. The summed E-state index contributed by atoms with van der Waals surface area (Å²) in [6, 6.07) is 0. The summed E-state index contributed by atoms with van der Waals surface area (Å²) in [7, 11) is 0. The standard InChI is InChI=1S/C12H18O4/c1-2-12(13)15-6-5-14-8-9-3-4-10-11(7-9)16-10/h2,9-11H,1,3-8H2. The molecule has 2 aliphatic rings. The molecule has 2 fully saturated rings. The van der Waals surface area contributed by atoms with Gasteiger partial charge in [-0.1, -0.05) is 6.58 Å². The summed E-state index contributed by atoms with van der Waals surface area (Å²) in [6.45, 7) is 4.83. The van der Waals surface area contributed by atoms with E-state index in [-0.39, 0.29) is 0 Å². The fourth-order valence-corrected chi connectivity index (χ4v) is 2.15. The number of carbonyl (C=O) groups is 1. The third kappa shape index (κ3) is 3.32. The van der Waals surface area contributed by atoms with E-state index in [0.29, 0.717) is 31.3 Å². The van der Waals surface area contributed by atoms with Crippen LogP contribution in [-0.4, -0.2) is 38.0 Å². The lowest BCUT2D eigenvalue weighted by Crippen LogP contribution is -2.19. The Labute approximate surface area is 95.6 Å². The van der Waals surface area contributed by atoms with Gasteiger partial charge in [-0.2, -0.15) is 0 Å². The van der Waals surface area contributed by atoms with Gasteiger partial charge in [-0.25, -0.2) is 4.79 Å². The van der Waals surface area contributed by atoms with Gasteiger partial charge in [0.2, 0.25) is 0 Å². The van der Waals surface area contributed by atoms with E-state index in [0.717, 1.165) is 19.1 Å². The average molecular weight is 226 g/mol. The van der Waals surface area contributed by atoms with Crippen LogP contribution in [-0.2, 0) is 19.0 Å². The maximum absolute atomic E-state index is 10.7. The number of fused-ring (bicyclic) bond motifs is 1. The molecule has 1 aliphatic heterocycles. The van der Waals surface area contributed by atoms with Crippen LogP contribution in [0.2, 0.25) is 0 Å². The average Bonchev–Trinajstić information content (AvgIpc) is 3.06. The predicted molar refractivity (Wildman–Crippen MR) is 58.0 cm³/mol. The lowest BCUT2D eigenvalue weighted by atomic mass is 9.90. The van der Waals surface area contributed by atoms with Crippen LogP contribution in [0.4, 0.5) is 0 Å². The highest BCUT2D eigenvalue weighted by molar-refractivity contribution is 5.81. The van der Waals surface area contributed by atoms with Gasteiger partial charge >= 0.3 is 5.97 Å². The van der Waals surface area contributed by atoms with Crippen molar-refractivity contribution in [1.29, 1.82) is 0 Å². The van der Waals surface area contributed by atoms with Crippen LogP contribution >= 0.6 is 0 Å². The summed E-state index contributed by atoms with van der Waals surface area (Å²) in [5.41, 5.74) is 0. The molecule has 0 radical (unpaired) electrons. The van der Waals surface area contributed by atoms with Crippen molar-refractivity contribution >= 4 is 5.97 Å². The Morgan fingerprint density at radius 1 is 1.38 bits per heavy atom. The molecule has 0 N–H and O–H groups in total. The number of epoxide rings is 1. The van der Waals surface area contributed by atoms with E-state index >= 15 is 0 Å². The number of hydrogen-bond donors (Lipinski definition) is 0. The molecule has 4 heteroatoms. The Morgan fingerprint density at radius 3 is 3.00 bits per heavy atom. The molecule has 16 heavy (non-hydrogen) atoms. The van der Waals surface area contributed by atoms with E-state index in [1.54, 1.807) is 0 Å². The highest BCUT2D eigenvalue weighted by Crippen LogP contribution is 2.39. The van der Waals surface area contributed by atoms with Gasteiger partial charge in [-0.15, -0.1) is 0 Å². The maximum atomic E-state index is 10.7. The lowest BCUT2D eigenvalue weighted by molar-refractivity contribution is -0.139. The predicted octanol–water partition coefficient (Wildman–Crippen LogP) is 1.30. The van der Waals surface area contributed by atoms with Crippen molar-refractivity contribution in [2.75, 3.05) is 19.8 Å². The molecule has 0 bridgehead atoms. The number of hydrogen-bond acceptors (Lipinski definition) is 4. The van der Waals surface area contributed by atoms with Crippen molar-refractivity contribution in [2.24, 2.45) is 5.92 Å². The zero-order chi connectivity index (χ0) is 11.4. The Morgan fingerprint density at radius 2 is 2.25 bits per heavy atom. The molecule has 90 valence electrons. The van der Waals surface area contributed by atoms with E-state index in [9.17, 15) is 4.79 Å². The molecule has 4 nitrogen and oxygen atoms in total. The Balaban J connectivity index is 1.48. The van der Waals surface area contributed by atoms with E-state index in [1.165, 1.54) is 12.8 Å². The third-order valence-electron chi connectivity index (χ3n) is 3.10. The molecule has 0 aromatic carbocycles. The summed E-state index contributed by atoms with van der Waals surface area (Å²) in [5, 5.41) is 0. The SMILES string of the molecule is C=CC(=O)OCCOCC1CCC2OC2C1. The topological polar surface area (TPSA) is 48.1 Å². The van der Waals surface area contributed by atoms with E-state index in [4.69, 9.17) is 14.2 Å². The smallest absolute Gasteiger partial charge is 0.330 e. The van der Waals surface area contributed by atoms with Crippen LogP contribution in [0, 0.1) is 5.92 Å². The lowest BCUT2D eigenvalue weighted by Gasteiger charge is -2.18. The third-order valence-corrected chi connectivity index (χ3v) is 3.10. The first kappa shape index (κ1) is 11.6. The zero-order valence-corrected chi connectivity index (χ0v) is 9.39. The summed E-state index contributed by atoms with van der Waals surface area (Å²) in [5.74, 6) is 0.217. The normalized spacial score (nSPS) is 31.6. The van der Waals surface area contributed by atoms with Crippen molar-refractivity contribution in [1.82, 2.24) is 0 Å². The molecule has 1 saturated heterocycles. The van der Waals surface area contributed by atoms with Gasteiger partial charge in [0.1, 0.15) is 6.61 Å². The van der Waals surface area contributed by atoms with Crippen LogP contribution in [0.15, 0.2) is 12.7 Å². The van der Waals surface area contributed by atoms with Crippen molar-refractivity contribution in [2.45, 2.75) is 31.5 Å². The van der Waals surface area contributed by atoms with Gasteiger partial charge < -0.3 is 14.2 Å². The van der Waals surface area contributed by atoms with Crippen LogP contribution in [0.25, 0.3) is 0 Å². The van der Waals surface area contributed by atoms with Gasteiger partial charge in [-0.3, -0.25) is 0 Å². The summed E-state index contributed by atoms with van der Waals surface area (Å²) in [4.78, 5) is 10.7. The molecule has 1 aliphatic carbocycles. The molecule has 0 aromatic heterocycles. The van der Waals surface area contributed by atoms with Crippen LogP contribution in [0.3, 0.4) is 0 Å². The first-order valence-corrected chi connectivity index (χ1v) is 5.82. The quantitative estimate of drug-likeness (QED) is 0.296. The monoisotopic (exact) mass is 226 g/mol. The molecule has 3 atom stereocenters. The van der Waals surface area contributed by atoms with Gasteiger partial charge in [0, 0.05) is 12.7 Å². The van der Waals surface area contributed by atoms with Crippen molar-refractivity contribution < 1.29 is 19.0 Å². The minimum Gasteiger partial charge on any atom is -0.460 e. The second-order valence-electron chi connectivity index (χ2n) is 4.34. The summed E-state index contributed by atoms with van der Waals surface area (Å²) < 4.78 is 15.7. The number of esters is 1. The number of rotatable bonds is 6. The fraction of sp³-hybridized carbons (Fsp3) is 0.750. The second kappa shape index (κ2) is 5.46. The Hall–Kier alpha value is -0.870. The van der Waals surface area contributed by atoms with Crippen LogP contribution < -0.4 is 0 Å². The molecule has 2 rings (SSSR count). The molecule has 0 spiro atoms. The fourth-order valence-electron chi connectivity index (χ4n) is 2.15. The summed E-state index contributed by atoms with van der Waals surface area (Å²) in [6.07, 6.45) is 5.69. The van der Waals surface area contributed by atoms with E-state index < -0.39 is 5.97 Å². The zero-order valence-electron chi connectivity index (χ0n) is 9.39. The maximum Gasteiger partial charge on any atom is 0.330 e. The molecule has 1 heterocycles. The molecule has 0 aromatic rings. The van der Waals surface area contributed by atoms with Crippen LogP contribution in [0.1, 0.15) is 19.3 Å². The molecular weight excluding hydrogens is 208 g/mol. The molecule has 0 amide bonds. The molecule has 1 saturated carbocycles.